The molecule has 0 amide bonds. The van der Waals surface area contributed by atoms with Gasteiger partial charge in [0.25, 0.3) is 0 Å². The number of sulfonamides is 1. The summed E-state index contributed by atoms with van der Waals surface area (Å²) in [7, 11) is -1.85. The molecule has 0 saturated heterocycles. The van der Waals surface area contributed by atoms with Crippen LogP contribution in [0.3, 0.4) is 0 Å². The molecule has 2 rings (SSSR count). The van der Waals surface area contributed by atoms with E-state index in [9.17, 15) is 13.5 Å². The second kappa shape index (κ2) is 5.97. The van der Waals surface area contributed by atoms with Gasteiger partial charge in [-0.1, -0.05) is 6.07 Å². The second-order valence-electron chi connectivity index (χ2n) is 5.05. The molecule has 2 N–H and O–H groups in total. The first-order chi connectivity index (χ1) is 9.83. The van der Waals surface area contributed by atoms with Crippen molar-refractivity contribution in [1.29, 1.82) is 0 Å². The van der Waals surface area contributed by atoms with Gasteiger partial charge in [-0.3, -0.25) is 4.68 Å². The lowest BCUT2D eigenvalue weighted by Crippen LogP contribution is -2.24. The van der Waals surface area contributed by atoms with E-state index in [1.807, 2.05) is 6.92 Å². The van der Waals surface area contributed by atoms with E-state index >= 15 is 0 Å². The zero-order valence-corrected chi connectivity index (χ0v) is 13.1. The fourth-order valence-corrected chi connectivity index (χ4v) is 3.45. The van der Waals surface area contributed by atoms with E-state index in [1.165, 1.54) is 6.07 Å². The van der Waals surface area contributed by atoms with Crippen LogP contribution in [0.25, 0.3) is 0 Å². The van der Waals surface area contributed by atoms with Crippen LogP contribution in [-0.4, -0.2) is 23.3 Å². The first-order valence-corrected chi connectivity index (χ1v) is 8.00. The molecule has 0 fully saturated rings. The fourth-order valence-electron chi connectivity index (χ4n) is 2.15. The Balaban J connectivity index is 2.27. The first kappa shape index (κ1) is 15.7. The molecule has 0 atom stereocenters. The molecule has 0 radical (unpaired) electrons. The van der Waals surface area contributed by atoms with Gasteiger partial charge in [-0.05, 0) is 36.6 Å². The van der Waals surface area contributed by atoms with E-state index in [4.69, 9.17) is 0 Å². The van der Waals surface area contributed by atoms with E-state index in [1.54, 1.807) is 37.1 Å². The Morgan fingerprint density at radius 2 is 2.00 bits per heavy atom. The summed E-state index contributed by atoms with van der Waals surface area (Å²) in [5.74, 6) is 0. The zero-order valence-electron chi connectivity index (χ0n) is 12.3. The summed E-state index contributed by atoms with van der Waals surface area (Å²) in [5, 5.41) is 13.3. The summed E-state index contributed by atoms with van der Waals surface area (Å²) in [4.78, 5) is 0.195. The van der Waals surface area contributed by atoms with Crippen LogP contribution in [0.4, 0.5) is 0 Å². The predicted molar refractivity (Wildman–Crippen MR) is 79.1 cm³/mol. The number of rotatable bonds is 5. The SMILES string of the molecule is Cc1cc(C)c(S(=O)(=O)NCc2cnn(C)c2)cc1CO. The molecule has 1 aromatic heterocycles. The Morgan fingerprint density at radius 3 is 2.57 bits per heavy atom. The van der Waals surface area contributed by atoms with Crippen LogP contribution in [0.2, 0.25) is 0 Å². The standard InChI is InChI=1S/C14H19N3O3S/c1-10-4-11(2)14(5-13(10)9-18)21(19,20)16-7-12-6-15-17(3)8-12/h4-6,8,16,18H,7,9H2,1-3H3. The highest BCUT2D eigenvalue weighted by Gasteiger charge is 2.18. The Morgan fingerprint density at radius 1 is 1.29 bits per heavy atom. The maximum Gasteiger partial charge on any atom is 0.241 e. The highest BCUT2D eigenvalue weighted by atomic mass is 32.2. The summed E-state index contributed by atoms with van der Waals surface area (Å²) >= 11 is 0. The third-order valence-corrected chi connectivity index (χ3v) is 4.86. The maximum atomic E-state index is 12.4. The van der Waals surface area contributed by atoms with Gasteiger partial charge in [0, 0.05) is 25.4 Å². The Kier molecular flexibility index (Phi) is 4.46. The minimum absolute atomic E-state index is 0.179. The topological polar surface area (TPSA) is 84.2 Å². The van der Waals surface area contributed by atoms with Gasteiger partial charge in [0.2, 0.25) is 10.0 Å². The minimum atomic E-state index is -3.63. The highest BCUT2D eigenvalue weighted by Crippen LogP contribution is 2.20. The summed E-state index contributed by atoms with van der Waals surface area (Å²) < 4.78 is 29.0. The van der Waals surface area contributed by atoms with E-state index in [-0.39, 0.29) is 18.0 Å². The Bertz CT molecular complexity index is 751. The zero-order chi connectivity index (χ0) is 15.6. The molecule has 0 aliphatic heterocycles. The number of nitrogens with one attached hydrogen (secondary N) is 1. The number of aryl methyl sites for hydroxylation is 3. The molecule has 6 nitrogen and oxygen atoms in total. The third-order valence-electron chi connectivity index (χ3n) is 3.32. The van der Waals surface area contributed by atoms with Crippen molar-refractivity contribution in [3.05, 3.63) is 46.8 Å². The quantitative estimate of drug-likeness (QED) is 0.863. The van der Waals surface area contributed by atoms with E-state index in [0.29, 0.717) is 11.1 Å². The maximum absolute atomic E-state index is 12.4. The number of hydrogen-bond acceptors (Lipinski definition) is 4. The molecule has 0 aliphatic rings. The van der Waals surface area contributed by atoms with Gasteiger partial charge in [0.05, 0.1) is 17.7 Å². The van der Waals surface area contributed by atoms with E-state index < -0.39 is 10.0 Å². The lowest BCUT2D eigenvalue weighted by molar-refractivity contribution is 0.280. The molecule has 0 bridgehead atoms. The second-order valence-corrected chi connectivity index (χ2v) is 6.78. The van der Waals surface area contributed by atoms with E-state index in [0.717, 1.165) is 11.1 Å². The molecule has 1 heterocycles. The fraction of sp³-hybridized carbons (Fsp3) is 0.357. The summed E-state index contributed by atoms with van der Waals surface area (Å²) in [6.45, 7) is 3.58. The van der Waals surface area contributed by atoms with Crippen LogP contribution in [0.1, 0.15) is 22.3 Å². The van der Waals surface area contributed by atoms with Crippen LogP contribution >= 0.6 is 0 Å². The van der Waals surface area contributed by atoms with Crippen molar-refractivity contribution in [3.8, 4) is 0 Å². The lowest BCUT2D eigenvalue weighted by atomic mass is 10.1. The minimum Gasteiger partial charge on any atom is -0.392 e. The Hall–Kier alpha value is -1.70. The molecule has 21 heavy (non-hydrogen) atoms. The average molecular weight is 309 g/mol. The molecule has 114 valence electrons. The van der Waals surface area contributed by atoms with Gasteiger partial charge >= 0.3 is 0 Å². The van der Waals surface area contributed by atoms with Crippen LogP contribution in [0.5, 0.6) is 0 Å². The molecule has 0 spiro atoms. The van der Waals surface area contributed by atoms with Crippen molar-refractivity contribution in [3.63, 3.8) is 0 Å². The molecular formula is C14H19N3O3S. The largest absolute Gasteiger partial charge is 0.392 e. The average Bonchev–Trinajstić information content (AvgIpc) is 2.82. The summed E-state index contributed by atoms with van der Waals surface area (Å²) in [6.07, 6.45) is 3.37. The lowest BCUT2D eigenvalue weighted by Gasteiger charge is -2.12. The smallest absolute Gasteiger partial charge is 0.241 e. The van der Waals surface area contributed by atoms with Crippen LogP contribution in [-0.2, 0) is 30.2 Å². The number of benzene rings is 1. The molecule has 7 heteroatoms. The molecule has 2 aromatic rings. The van der Waals surface area contributed by atoms with Crippen molar-refractivity contribution < 1.29 is 13.5 Å². The number of nitrogens with zero attached hydrogens (tertiary/aromatic N) is 2. The summed E-state index contributed by atoms with van der Waals surface area (Å²) in [6, 6.07) is 3.29. The molecule has 0 unspecified atom stereocenters. The number of aliphatic hydroxyl groups excluding tert-OH is 1. The monoisotopic (exact) mass is 309 g/mol. The predicted octanol–water partition coefficient (Wildman–Crippen LogP) is 1.01. The van der Waals surface area contributed by atoms with Crippen LogP contribution in [0.15, 0.2) is 29.4 Å². The summed E-state index contributed by atoms with van der Waals surface area (Å²) in [5.41, 5.74) is 2.93. The van der Waals surface area contributed by atoms with Gasteiger partial charge in [-0.2, -0.15) is 5.10 Å². The van der Waals surface area contributed by atoms with Crippen LogP contribution in [0, 0.1) is 13.8 Å². The van der Waals surface area contributed by atoms with Crippen LogP contribution < -0.4 is 4.72 Å². The molecular weight excluding hydrogens is 290 g/mol. The first-order valence-electron chi connectivity index (χ1n) is 6.51. The molecule has 0 saturated carbocycles. The van der Waals surface area contributed by atoms with Crippen molar-refractivity contribution in [2.75, 3.05) is 0 Å². The highest BCUT2D eigenvalue weighted by molar-refractivity contribution is 7.89. The van der Waals surface area contributed by atoms with Gasteiger partial charge in [-0.15, -0.1) is 0 Å². The van der Waals surface area contributed by atoms with E-state index in [2.05, 4.69) is 9.82 Å². The van der Waals surface area contributed by atoms with Crippen molar-refractivity contribution in [2.45, 2.75) is 31.9 Å². The van der Waals surface area contributed by atoms with Gasteiger partial charge in [-0.25, -0.2) is 13.1 Å². The van der Waals surface area contributed by atoms with Crippen molar-refractivity contribution >= 4 is 10.0 Å². The number of hydrogen-bond donors (Lipinski definition) is 2. The molecule has 1 aromatic carbocycles. The Labute approximate surface area is 124 Å². The van der Waals surface area contributed by atoms with Crippen molar-refractivity contribution in [1.82, 2.24) is 14.5 Å². The van der Waals surface area contributed by atoms with Crippen molar-refractivity contribution in [2.24, 2.45) is 7.05 Å². The van der Waals surface area contributed by atoms with Gasteiger partial charge in [0.1, 0.15) is 0 Å². The number of aliphatic hydroxyl groups is 1. The van der Waals surface area contributed by atoms with Gasteiger partial charge in [0.15, 0.2) is 0 Å². The normalized spacial score (nSPS) is 11.8. The number of aromatic nitrogens is 2. The molecule has 0 aliphatic carbocycles. The van der Waals surface area contributed by atoms with Gasteiger partial charge < -0.3 is 5.11 Å². The third kappa shape index (κ3) is 3.49.